The molecule has 0 saturated carbocycles. The minimum atomic E-state index is -0.426. The second kappa shape index (κ2) is 8.55. The van der Waals surface area contributed by atoms with Crippen LogP contribution in [0.3, 0.4) is 0 Å². The average molecular weight is 418 g/mol. The Kier molecular flexibility index (Phi) is 5.66. The Bertz CT molecular complexity index is 1220. The lowest BCUT2D eigenvalue weighted by Crippen LogP contribution is -2.33. The number of nitrogens with zero attached hydrogens (tertiary/aromatic N) is 3. The van der Waals surface area contributed by atoms with Crippen molar-refractivity contribution < 1.29 is 13.9 Å². The van der Waals surface area contributed by atoms with E-state index in [1.165, 1.54) is 12.1 Å². The molecule has 0 fully saturated rings. The normalized spacial score (nSPS) is 12.0. The highest BCUT2D eigenvalue weighted by atomic mass is 19.1. The summed E-state index contributed by atoms with van der Waals surface area (Å²) in [6, 6.07) is 17.1. The Morgan fingerprint density at radius 1 is 1.10 bits per heavy atom. The van der Waals surface area contributed by atoms with Crippen LogP contribution in [0.4, 0.5) is 4.39 Å². The highest BCUT2D eigenvalue weighted by molar-refractivity contribution is 5.86. The van der Waals surface area contributed by atoms with Crippen LogP contribution in [0.5, 0.6) is 5.88 Å². The zero-order valence-electron chi connectivity index (χ0n) is 17.6. The van der Waals surface area contributed by atoms with Crippen molar-refractivity contribution in [2.75, 3.05) is 6.61 Å². The van der Waals surface area contributed by atoms with E-state index in [0.717, 1.165) is 27.8 Å². The van der Waals surface area contributed by atoms with Crippen molar-refractivity contribution in [3.63, 3.8) is 0 Å². The molecule has 0 radical (unpaired) electrons. The molecule has 7 heteroatoms. The second-order valence-electron chi connectivity index (χ2n) is 7.46. The minimum absolute atomic E-state index is 0.204. The first-order valence-electron chi connectivity index (χ1n) is 9.96. The van der Waals surface area contributed by atoms with Gasteiger partial charge in [-0.25, -0.2) is 14.1 Å². The number of nitrogens with one attached hydrogen (secondary N) is 1. The third kappa shape index (κ3) is 4.40. The summed E-state index contributed by atoms with van der Waals surface area (Å²) in [5.41, 5.74) is 4.25. The predicted molar refractivity (Wildman–Crippen MR) is 116 cm³/mol. The second-order valence-corrected chi connectivity index (χ2v) is 7.46. The van der Waals surface area contributed by atoms with Gasteiger partial charge >= 0.3 is 0 Å². The Hall–Kier alpha value is -3.74. The van der Waals surface area contributed by atoms with Crippen LogP contribution in [0.15, 0.2) is 60.7 Å². The highest BCUT2D eigenvalue weighted by Gasteiger charge is 2.19. The number of aromatic nitrogens is 3. The number of hydrogen-bond acceptors (Lipinski definition) is 4. The highest BCUT2D eigenvalue weighted by Crippen LogP contribution is 2.27. The van der Waals surface area contributed by atoms with Gasteiger partial charge in [-0.05, 0) is 48.7 Å². The van der Waals surface area contributed by atoms with Gasteiger partial charge in [0.15, 0.2) is 12.3 Å². The molecule has 4 rings (SSSR count). The Labute approximate surface area is 179 Å². The third-order valence-electron chi connectivity index (χ3n) is 5.07. The molecule has 6 nitrogen and oxygen atoms in total. The summed E-state index contributed by atoms with van der Waals surface area (Å²) in [6.45, 7) is 3.68. The molecule has 2 aromatic heterocycles. The molecule has 1 atom stereocenters. The van der Waals surface area contributed by atoms with Crippen LogP contribution in [0.25, 0.3) is 11.0 Å². The Morgan fingerprint density at radius 2 is 1.77 bits per heavy atom. The number of halogens is 1. The molecule has 1 amide bonds. The van der Waals surface area contributed by atoms with E-state index in [1.54, 1.807) is 23.9 Å². The van der Waals surface area contributed by atoms with Crippen molar-refractivity contribution in [3.05, 3.63) is 88.9 Å². The molecule has 0 spiro atoms. The maximum absolute atomic E-state index is 13.4. The van der Waals surface area contributed by atoms with Crippen LogP contribution >= 0.6 is 0 Å². The zero-order chi connectivity index (χ0) is 22.0. The lowest BCUT2D eigenvalue weighted by molar-refractivity contribution is -0.123. The Balaban J connectivity index is 1.54. The molecule has 1 N–H and O–H groups in total. The smallest absolute Gasteiger partial charge is 0.258 e. The summed E-state index contributed by atoms with van der Waals surface area (Å²) in [4.78, 5) is 17.3. The first-order chi connectivity index (χ1) is 14.9. The molecule has 0 aliphatic heterocycles. The van der Waals surface area contributed by atoms with Gasteiger partial charge in [-0.1, -0.05) is 42.5 Å². The summed E-state index contributed by atoms with van der Waals surface area (Å²) in [7, 11) is 1.79. The van der Waals surface area contributed by atoms with Gasteiger partial charge in [-0.3, -0.25) is 4.79 Å². The number of benzene rings is 2. The topological polar surface area (TPSA) is 69.0 Å². The largest absolute Gasteiger partial charge is 0.466 e. The molecule has 158 valence electrons. The number of amides is 1. The van der Waals surface area contributed by atoms with Gasteiger partial charge in [-0.2, -0.15) is 0 Å². The van der Waals surface area contributed by atoms with Crippen molar-refractivity contribution in [2.24, 2.45) is 7.05 Å². The number of carbonyl (C=O) groups is 1. The molecule has 1 unspecified atom stereocenters. The van der Waals surface area contributed by atoms with Gasteiger partial charge in [0.1, 0.15) is 5.82 Å². The molecule has 31 heavy (non-hydrogen) atoms. The fourth-order valence-corrected chi connectivity index (χ4v) is 3.65. The van der Waals surface area contributed by atoms with E-state index < -0.39 is 6.04 Å². The van der Waals surface area contributed by atoms with Crippen molar-refractivity contribution in [1.82, 2.24) is 20.1 Å². The summed E-state index contributed by atoms with van der Waals surface area (Å²) in [6.07, 6.45) is 0. The molecule has 2 aromatic carbocycles. The van der Waals surface area contributed by atoms with Crippen LogP contribution in [0.1, 0.15) is 28.4 Å². The molecular formula is C24H23FN4O2. The minimum Gasteiger partial charge on any atom is -0.466 e. The van der Waals surface area contributed by atoms with Gasteiger partial charge in [0, 0.05) is 12.7 Å². The van der Waals surface area contributed by atoms with E-state index in [0.29, 0.717) is 11.5 Å². The maximum atomic E-state index is 13.4. The fraction of sp³-hybridized carbons (Fsp3) is 0.208. The van der Waals surface area contributed by atoms with E-state index in [9.17, 15) is 9.18 Å². The van der Waals surface area contributed by atoms with Gasteiger partial charge < -0.3 is 10.1 Å². The molecule has 0 bridgehead atoms. The first kappa shape index (κ1) is 20.5. The van der Waals surface area contributed by atoms with Gasteiger partial charge in [0.25, 0.3) is 5.91 Å². The summed E-state index contributed by atoms with van der Waals surface area (Å²) < 4.78 is 20.8. The molecule has 4 aromatic rings. The van der Waals surface area contributed by atoms with E-state index >= 15 is 0 Å². The predicted octanol–water partition coefficient (Wildman–Crippen LogP) is 4.01. The molecule has 2 heterocycles. The number of hydrogen-bond donors (Lipinski definition) is 1. The number of ether oxygens (including phenoxy) is 1. The average Bonchev–Trinajstić information content (AvgIpc) is 3.07. The fourth-order valence-electron chi connectivity index (χ4n) is 3.65. The van der Waals surface area contributed by atoms with Gasteiger partial charge in [-0.15, -0.1) is 5.10 Å². The summed E-state index contributed by atoms with van der Waals surface area (Å²) >= 11 is 0. The van der Waals surface area contributed by atoms with E-state index in [-0.39, 0.29) is 18.3 Å². The SMILES string of the molecule is Cc1cc(C)c2c(OCC(=O)NC(c3ccccc3)c3ccc(F)cc3)nn(C)c2n1. The lowest BCUT2D eigenvalue weighted by atomic mass is 9.98. The van der Waals surface area contributed by atoms with Crippen molar-refractivity contribution >= 4 is 16.9 Å². The van der Waals surface area contributed by atoms with Crippen LogP contribution in [0, 0.1) is 19.7 Å². The number of carbonyl (C=O) groups excluding carboxylic acids is 1. The van der Waals surface area contributed by atoms with Crippen molar-refractivity contribution in [3.8, 4) is 5.88 Å². The molecule has 0 aliphatic carbocycles. The van der Waals surface area contributed by atoms with Crippen molar-refractivity contribution in [2.45, 2.75) is 19.9 Å². The van der Waals surface area contributed by atoms with E-state index in [1.807, 2.05) is 50.2 Å². The first-order valence-corrected chi connectivity index (χ1v) is 9.96. The monoisotopic (exact) mass is 418 g/mol. The molecule has 0 saturated heterocycles. The van der Waals surface area contributed by atoms with Crippen LogP contribution in [0.2, 0.25) is 0 Å². The summed E-state index contributed by atoms with van der Waals surface area (Å²) in [5, 5.41) is 8.15. The number of pyridine rings is 1. The maximum Gasteiger partial charge on any atom is 0.258 e. The van der Waals surface area contributed by atoms with Crippen LogP contribution in [-0.4, -0.2) is 27.3 Å². The van der Waals surface area contributed by atoms with E-state index in [4.69, 9.17) is 4.74 Å². The van der Waals surface area contributed by atoms with E-state index in [2.05, 4.69) is 15.4 Å². The zero-order valence-corrected chi connectivity index (χ0v) is 17.6. The number of rotatable bonds is 6. The van der Waals surface area contributed by atoms with Crippen molar-refractivity contribution in [1.29, 1.82) is 0 Å². The summed E-state index contributed by atoms with van der Waals surface area (Å²) in [5.74, 6) is -0.267. The van der Waals surface area contributed by atoms with Crippen LogP contribution < -0.4 is 10.1 Å². The third-order valence-corrected chi connectivity index (χ3v) is 5.07. The quantitative estimate of drug-likeness (QED) is 0.514. The Morgan fingerprint density at radius 3 is 2.48 bits per heavy atom. The van der Waals surface area contributed by atoms with Gasteiger partial charge in [0.05, 0.1) is 11.4 Å². The lowest BCUT2D eigenvalue weighted by Gasteiger charge is -2.20. The van der Waals surface area contributed by atoms with Gasteiger partial charge in [0.2, 0.25) is 5.88 Å². The molecular weight excluding hydrogens is 395 g/mol. The molecule has 0 aliphatic rings. The van der Waals surface area contributed by atoms with Crippen LogP contribution in [-0.2, 0) is 11.8 Å². The standard InChI is InChI=1S/C24H23FN4O2/c1-15-13-16(2)26-23-21(15)24(28-29(23)3)31-14-20(30)27-22(17-7-5-4-6-8-17)18-9-11-19(25)12-10-18/h4-13,22H,14H2,1-3H3,(H,27,30). The number of aryl methyl sites for hydroxylation is 3. The number of fused-ring (bicyclic) bond motifs is 1.